The molecule has 0 bridgehead atoms. The first-order chi connectivity index (χ1) is 8.66. The fraction of sp³-hybridized carbons (Fsp3) is 0.667. The Kier molecular flexibility index (Phi) is 11.6. The lowest BCUT2D eigenvalue weighted by atomic mass is 10.1. The van der Waals surface area contributed by atoms with Crippen LogP contribution in [-0.2, 0) is 9.53 Å². The third-order valence-electron chi connectivity index (χ3n) is 2.62. The summed E-state index contributed by atoms with van der Waals surface area (Å²) in [4.78, 5) is 10.8. The Bertz CT molecular complexity index is 254. The summed E-state index contributed by atoms with van der Waals surface area (Å²) in [6, 6.07) is 0. The molecular weight excluding hydrogens is 228 g/mol. The third kappa shape index (κ3) is 13.0. The minimum atomic E-state index is -0.371. The van der Waals surface area contributed by atoms with Crippen LogP contribution in [0.25, 0.3) is 0 Å². The molecule has 3 heteroatoms. The van der Waals surface area contributed by atoms with E-state index >= 15 is 0 Å². The number of carbonyl (C=O) groups is 1. The molecule has 0 aliphatic carbocycles. The summed E-state index contributed by atoms with van der Waals surface area (Å²) in [5.41, 5.74) is 0. The van der Waals surface area contributed by atoms with Gasteiger partial charge in [-0.2, -0.15) is 0 Å². The summed E-state index contributed by atoms with van der Waals surface area (Å²) in [5, 5.41) is 8.98. The molecule has 0 fully saturated rings. The van der Waals surface area contributed by atoms with E-state index in [1.807, 2.05) is 12.2 Å². The van der Waals surface area contributed by atoms with Gasteiger partial charge in [-0.3, -0.25) is 4.79 Å². The van der Waals surface area contributed by atoms with Gasteiger partial charge in [-0.1, -0.05) is 43.6 Å². The van der Waals surface area contributed by atoms with E-state index in [0.717, 1.165) is 19.3 Å². The van der Waals surface area contributed by atoms with E-state index in [0.29, 0.717) is 6.42 Å². The van der Waals surface area contributed by atoms with Gasteiger partial charge < -0.3 is 9.84 Å². The van der Waals surface area contributed by atoms with Crippen molar-refractivity contribution < 1.29 is 14.6 Å². The normalized spacial score (nSPS) is 13.3. The van der Waals surface area contributed by atoms with E-state index in [1.54, 1.807) is 13.0 Å². The first-order valence-electron chi connectivity index (χ1n) is 6.75. The van der Waals surface area contributed by atoms with Crippen LogP contribution in [0.1, 0.15) is 51.9 Å². The second-order valence-corrected chi connectivity index (χ2v) is 4.44. The van der Waals surface area contributed by atoms with Gasteiger partial charge in [0.25, 0.3) is 0 Å². The minimum Gasteiger partial charge on any atom is -0.469 e. The number of esters is 1. The summed E-state index contributed by atoms with van der Waals surface area (Å²) in [6.45, 7) is 1.73. The van der Waals surface area contributed by atoms with E-state index in [1.165, 1.54) is 26.4 Å². The number of methoxy groups -OCH3 is 1. The second kappa shape index (κ2) is 12.4. The zero-order valence-electron chi connectivity index (χ0n) is 11.6. The Morgan fingerprint density at radius 2 is 1.83 bits per heavy atom. The van der Waals surface area contributed by atoms with Crippen molar-refractivity contribution in [1.29, 1.82) is 0 Å². The van der Waals surface area contributed by atoms with Crippen LogP contribution < -0.4 is 0 Å². The molecule has 1 atom stereocenters. The highest BCUT2D eigenvalue weighted by Gasteiger charge is 1.98. The van der Waals surface area contributed by atoms with Crippen LogP contribution in [0.4, 0.5) is 0 Å². The van der Waals surface area contributed by atoms with E-state index in [4.69, 9.17) is 5.11 Å². The molecule has 104 valence electrons. The first-order valence-corrected chi connectivity index (χ1v) is 6.75. The summed E-state index contributed by atoms with van der Waals surface area (Å²) < 4.78 is 4.58. The van der Waals surface area contributed by atoms with Crippen LogP contribution in [0.3, 0.4) is 0 Å². The van der Waals surface area contributed by atoms with Crippen molar-refractivity contribution >= 4 is 5.97 Å². The first kappa shape index (κ1) is 16.9. The fourth-order valence-electron chi connectivity index (χ4n) is 1.56. The Labute approximate surface area is 111 Å². The molecule has 0 saturated carbocycles. The predicted molar refractivity (Wildman–Crippen MR) is 74.3 cm³/mol. The molecule has 0 aromatic carbocycles. The summed E-state index contributed by atoms with van der Waals surface area (Å²) >= 11 is 0. The van der Waals surface area contributed by atoms with Crippen LogP contribution in [0, 0.1) is 0 Å². The van der Waals surface area contributed by atoms with E-state index in [-0.39, 0.29) is 12.1 Å². The van der Waals surface area contributed by atoms with Gasteiger partial charge in [-0.15, -0.1) is 0 Å². The van der Waals surface area contributed by atoms with Crippen LogP contribution >= 0.6 is 0 Å². The lowest BCUT2D eigenvalue weighted by Gasteiger charge is -1.99. The summed E-state index contributed by atoms with van der Waals surface area (Å²) in [5.74, 6) is -0.108. The molecule has 0 aromatic rings. The maximum Gasteiger partial charge on any atom is 0.305 e. The van der Waals surface area contributed by atoms with Crippen molar-refractivity contribution in [3.05, 3.63) is 24.3 Å². The predicted octanol–water partition coefficient (Wildman–Crippen LogP) is 3.38. The van der Waals surface area contributed by atoms with Gasteiger partial charge in [0.15, 0.2) is 0 Å². The van der Waals surface area contributed by atoms with Crippen molar-refractivity contribution in [3.63, 3.8) is 0 Å². The zero-order valence-corrected chi connectivity index (χ0v) is 11.6. The molecule has 0 spiro atoms. The number of hydrogen-bond acceptors (Lipinski definition) is 3. The van der Waals surface area contributed by atoms with Crippen LogP contribution in [0.15, 0.2) is 24.3 Å². The monoisotopic (exact) mass is 254 g/mol. The number of rotatable bonds is 10. The van der Waals surface area contributed by atoms with Crippen LogP contribution in [0.2, 0.25) is 0 Å². The van der Waals surface area contributed by atoms with Gasteiger partial charge >= 0.3 is 5.97 Å². The van der Waals surface area contributed by atoms with Gasteiger partial charge in [0, 0.05) is 6.42 Å². The maximum atomic E-state index is 10.8. The molecule has 1 unspecified atom stereocenters. The maximum absolute atomic E-state index is 10.8. The topological polar surface area (TPSA) is 46.5 Å². The Morgan fingerprint density at radius 1 is 1.17 bits per heavy atom. The lowest BCUT2D eigenvalue weighted by Crippen LogP contribution is -1.98. The smallest absolute Gasteiger partial charge is 0.305 e. The molecule has 1 N–H and O–H groups in total. The zero-order chi connectivity index (χ0) is 13.6. The fourth-order valence-corrected chi connectivity index (χ4v) is 1.56. The number of aliphatic hydroxyl groups is 1. The molecular formula is C15H26O3. The molecule has 0 aromatic heterocycles. The van der Waals surface area contributed by atoms with Gasteiger partial charge in [0.1, 0.15) is 0 Å². The van der Waals surface area contributed by atoms with Gasteiger partial charge in [-0.05, 0) is 26.2 Å². The van der Waals surface area contributed by atoms with Crippen molar-refractivity contribution in [1.82, 2.24) is 0 Å². The van der Waals surface area contributed by atoms with Crippen LogP contribution in [-0.4, -0.2) is 24.3 Å². The lowest BCUT2D eigenvalue weighted by molar-refractivity contribution is -0.140. The van der Waals surface area contributed by atoms with E-state index in [9.17, 15) is 4.79 Å². The quantitative estimate of drug-likeness (QED) is 0.369. The number of aliphatic hydroxyl groups excluding tert-OH is 1. The highest BCUT2D eigenvalue weighted by Crippen LogP contribution is 2.08. The van der Waals surface area contributed by atoms with Crippen molar-refractivity contribution in [3.8, 4) is 0 Å². The number of allylic oxidation sites excluding steroid dienone is 3. The van der Waals surface area contributed by atoms with E-state index in [2.05, 4.69) is 10.8 Å². The standard InChI is InChI=1S/C15H26O3/c1-14(16)12-10-8-6-4-3-5-7-9-11-13-15(17)18-2/h6,8,10,12,14,16H,3-5,7,9,11,13H2,1-2H3. The number of ether oxygens (including phenoxy) is 1. The molecule has 0 radical (unpaired) electrons. The molecule has 0 aliphatic heterocycles. The largest absolute Gasteiger partial charge is 0.469 e. The SMILES string of the molecule is COC(=O)CCCCCCCC=CC=CC(C)O. The average Bonchev–Trinajstić information content (AvgIpc) is 2.35. The highest BCUT2D eigenvalue weighted by atomic mass is 16.5. The number of unbranched alkanes of at least 4 members (excludes halogenated alkanes) is 5. The van der Waals surface area contributed by atoms with Gasteiger partial charge in [0.05, 0.1) is 13.2 Å². The molecule has 0 amide bonds. The molecule has 3 nitrogen and oxygen atoms in total. The van der Waals surface area contributed by atoms with Gasteiger partial charge in [-0.25, -0.2) is 0 Å². The van der Waals surface area contributed by atoms with Gasteiger partial charge in [0.2, 0.25) is 0 Å². The Morgan fingerprint density at radius 3 is 2.50 bits per heavy atom. The minimum absolute atomic E-state index is 0.108. The molecule has 18 heavy (non-hydrogen) atoms. The highest BCUT2D eigenvalue weighted by molar-refractivity contribution is 5.68. The second-order valence-electron chi connectivity index (χ2n) is 4.44. The summed E-state index contributed by atoms with van der Waals surface area (Å²) in [6.07, 6.45) is 14.5. The average molecular weight is 254 g/mol. The van der Waals surface area contributed by atoms with Crippen molar-refractivity contribution in [2.24, 2.45) is 0 Å². The van der Waals surface area contributed by atoms with Crippen LogP contribution in [0.5, 0.6) is 0 Å². The molecule has 0 aliphatic rings. The Balaban J connectivity index is 3.23. The third-order valence-corrected chi connectivity index (χ3v) is 2.62. The van der Waals surface area contributed by atoms with Crippen molar-refractivity contribution in [2.45, 2.75) is 58.0 Å². The van der Waals surface area contributed by atoms with Crippen molar-refractivity contribution in [2.75, 3.05) is 7.11 Å². The molecule has 0 rings (SSSR count). The molecule has 0 saturated heterocycles. The number of carbonyl (C=O) groups excluding carboxylic acids is 1. The van der Waals surface area contributed by atoms with E-state index < -0.39 is 0 Å². The molecule has 0 heterocycles. The summed E-state index contributed by atoms with van der Waals surface area (Å²) in [7, 11) is 1.43. The Hall–Kier alpha value is -1.09. The number of hydrogen-bond donors (Lipinski definition) is 1.